The second-order valence-corrected chi connectivity index (χ2v) is 8.20. The zero-order chi connectivity index (χ0) is 23.9. The normalized spacial score (nSPS) is 13.3. The molecule has 1 amide bonds. The number of nitrogens with zero attached hydrogens (tertiary/aromatic N) is 4. The van der Waals surface area contributed by atoms with E-state index in [9.17, 15) is 4.79 Å². The number of pyridine rings is 1. The van der Waals surface area contributed by atoms with E-state index in [1.165, 1.54) is 5.69 Å². The predicted octanol–water partition coefficient (Wildman–Crippen LogP) is 4.30. The first-order valence-electron chi connectivity index (χ1n) is 11.5. The number of hydrogen-bond donors (Lipinski definition) is 2. The van der Waals surface area contributed by atoms with E-state index in [1.54, 1.807) is 18.6 Å². The van der Waals surface area contributed by atoms with Crippen molar-refractivity contribution in [2.45, 2.75) is 6.42 Å². The summed E-state index contributed by atoms with van der Waals surface area (Å²) in [6.07, 6.45) is 5.40. The van der Waals surface area contributed by atoms with Gasteiger partial charge < -0.3 is 20.3 Å². The van der Waals surface area contributed by atoms with Gasteiger partial charge in [-0.15, -0.1) is 0 Å². The highest BCUT2D eigenvalue weighted by Crippen LogP contribution is 2.23. The summed E-state index contributed by atoms with van der Waals surface area (Å²) in [5, 5.41) is 6.20. The maximum atomic E-state index is 12.3. The first kappa shape index (κ1) is 22.5. The molecule has 4 aromatic rings. The zero-order valence-corrected chi connectivity index (χ0v) is 19.2. The number of hydrogen-bond acceptors (Lipinski definition) is 7. The smallest absolute Gasteiger partial charge is 0.228 e. The van der Waals surface area contributed by atoms with Crippen LogP contribution in [0.4, 0.5) is 23.0 Å². The predicted molar refractivity (Wildman–Crippen MR) is 137 cm³/mol. The molecule has 8 heteroatoms. The highest BCUT2D eigenvalue weighted by molar-refractivity contribution is 5.92. The Bertz CT molecular complexity index is 1260. The third-order valence-electron chi connectivity index (χ3n) is 5.71. The molecule has 2 aromatic carbocycles. The van der Waals surface area contributed by atoms with Crippen molar-refractivity contribution in [3.8, 4) is 11.3 Å². The SMILES string of the molecule is O=C(Cc1cccnc1)Nc1ccc(-c2ccnc(Nc3ccc(N4CCOCC4)cc3)n2)cc1. The Kier molecular flexibility index (Phi) is 6.91. The molecule has 3 heterocycles. The van der Waals surface area contributed by atoms with Crippen LogP contribution in [0.2, 0.25) is 0 Å². The van der Waals surface area contributed by atoms with Crippen molar-refractivity contribution in [1.82, 2.24) is 15.0 Å². The van der Waals surface area contributed by atoms with E-state index < -0.39 is 0 Å². The molecule has 0 unspecified atom stereocenters. The lowest BCUT2D eigenvalue weighted by Gasteiger charge is -2.28. The minimum absolute atomic E-state index is 0.0843. The Morgan fingerprint density at radius 3 is 2.43 bits per heavy atom. The standard InChI is InChI=1S/C27H26N6O2/c34-26(18-20-2-1-12-28-19-20)30-22-5-3-21(4-6-22)25-11-13-29-27(32-25)31-23-7-9-24(10-8-23)33-14-16-35-17-15-33/h1-13,19H,14-18H2,(H,30,34)(H,29,31,32). The van der Waals surface area contributed by atoms with E-state index in [1.807, 2.05) is 54.6 Å². The van der Waals surface area contributed by atoms with Crippen LogP contribution in [0.5, 0.6) is 0 Å². The van der Waals surface area contributed by atoms with Crippen LogP contribution in [-0.2, 0) is 16.0 Å². The first-order chi connectivity index (χ1) is 17.2. The van der Waals surface area contributed by atoms with E-state index in [-0.39, 0.29) is 12.3 Å². The maximum absolute atomic E-state index is 12.3. The van der Waals surface area contributed by atoms with Crippen LogP contribution in [0.15, 0.2) is 85.3 Å². The molecule has 2 N–H and O–H groups in total. The van der Waals surface area contributed by atoms with E-state index in [0.29, 0.717) is 5.95 Å². The Morgan fingerprint density at radius 2 is 1.69 bits per heavy atom. The van der Waals surface area contributed by atoms with E-state index in [2.05, 4.69) is 42.6 Å². The van der Waals surface area contributed by atoms with E-state index >= 15 is 0 Å². The molecule has 0 aliphatic carbocycles. The lowest BCUT2D eigenvalue weighted by molar-refractivity contribution is -0.115. The fraction of sp³-hybridized carbons (Fsp3) is 0.185. The van der Waals surface area contributed by atoms with E-state index in [4.69, 9.17) is 4.74 Å². The molecule has 0 atom stereocenters. The summed E-state index contributed by atoms with van der Waals surface area (Å²) in [6.45, 7) is 3.34. The second-order valence-electron chi connectivity index (χ2n) is 8.20. The Morgan fingerprint density at radius 1 is 0.914 bits per heavy atom. The van der Waals surface area contributed by atoms with Gasteiger partial charge in [0, 0.05) is 54.3 Å². The van der Waals surface area contributed by atoms with Crippen molar-refractivity contribution in [1.29, 1.82) is 0 Å². The van der Waals surface area contributed by atoms with Crippen molar-refractivity contribution in [3.05, 3.63) is 90.9 Å². The van der Waals surface area contributed by atoms with Gasteiger partial charge in [0.05, 0.1) is 25.3 Å². The number of amides is 1. The number of anilines is 4. The zero-order valence-electron chi connectivity index (χ0n) is 19.2. The summed E-state index contributed by atoms with van der Waals surface area (Å²) in [6, 6.07) is 21.4. The Balaban J connectivity index is 1.21. The molecule has 0 bridgehead atoms. The van der Waals surface area contributed by atoms with Gasteiger partial charge in [-0.3, -0.25) is 9.78 Å². The maximum Gasteiger partial charge on any atom is 0.228 e. The van der Waals surface area contributed by atoms with Gasteiger partial charge in [0.15, 0.2) is 0 Å². The van der Waals surface area contributed by atoms with Crippen LogP contribution < -0.4 is 15.5 Å². The number of morpholine rings is 1. The van der Waals surface area contributed by atoms with E-state index in [0.717, 1.165) is 54.5 Å². The molecule has 0 saturated carbocycles. The lowest BCUT2D eigenvalue weighted by atomic mass is 10.1. The number of aromatic nitrogens is 3. The monoisotopic (exact) mass is 466 g/mol. The molecular weight excluding hydrogens is 440 g/mol. The molecule has 1 aliphatic heterocycles. The van der Waals surface area contributed by atoms with Crippen LogP contribution in [0.3, 0.4) is 0 Å². The molecular formula is C27H26N6O2. The third-order valence-corrected chi connectivity index (χ3v) is 5.71. The molecule has 0 spiro atoms. The summed E-state index contributed by atoms with van der Waals surface area (Å²) in [5.74, 6) is 0.439. The van der Waals surface area contributed by atoms with Crippen molar-refractivity contribution in [2.75, 3.05) is 41.8 Å². The number of rotatable bonds is 7. The molecule has 0 radical (unpaired) electrons. The molecule has 2 aromatic heterocycles. The largest absolute Gasteiger partial charge is 0.378 e. The molecule has 8 nitrogen and oxygen atoms in total. The highest BCUT2D eigenvalue weighted by atomic mass is 16.5. The number of benzene rings is 2. The minimum atomic E-state index is -0.0843. The van der Waals surface area contributed by atoms with Crippen LogP contribution >= 0.6 is 0 Å². The van der Waals surface area contributed by atoms with Gasteiger partial charge in [0.2, 0.25) is 11.9 Å². The van der Waals surface area contributed by atoms with Gasteiger partial charge in [0.1, 0.15) is 0 Å². The van der Waals surface area contributed by atoms with Gasteiger partial charge >= 0.3 is 0 Å². The lowest BCUT2D eigenvalue weighted by Crippen LogP contribution is -2.36. The number of carbonyl (C=O) groups is 1. The van der Waals surface area contributed by atoms with Crippen LogP contribution in [0.25, 0.3) is 11.3 Å². The average Bonchev–Trinajstić information content (AvgIpc) is 2.91. The molecule has 1 saturated heterocycles. The quantitative estimate of drug-likeness (QED) is 0.420. The molecule has 5 rings (SSSR count). The van der Waals surface area contributed by atoms with Crippen molar-refractivity contribution >= 4 is 28.9 Å². The third kappa shape index (κ3) is 5.99. The van der Waals surface area contributed by atoms with Crippen molar-refractivity contribution < 1.29 is 9.53 Å². The summed E-state index contributed by atoms with van der Waals surface area (Å²) < 4.78 is 5.43. The molecule has 176 valence electrons. The summed E-state index contributed by atoms with van der Waals surface area (Å²) >= 11 is 0. The number of carbonyl (C=O) groups excluding carboxylic acids is 1. The van der Waals surface area contributed by atoms with Crippen molar-refractivity contribution in [2.24, 2.45) is 0 Å². The fourth-order valence-corrected chi connectivity index (χ4v) is 3.90. The summed E-state index contributed by atoms with van der Waals surface area (Å²) in [7, 11) is 0. The highest BCUT2D eigenvalue weighted by Gasteiger charge is 2.11. The summed E-state index contributed by atoms with van der Waals surface area (Å²) in [4.78, 5) is 27.7. The molecule has 1 aliphatic rings. The Hall–Kier alpha value is -4.30. The Labute approximate surface area is 204 Å². The number of ether oxygens (including phenoxy) is 1. The molecule has 35 heavy (non-hydrogen) atoms. The summed E-state index contributed by atoms with van der Waals surface area (Å²) in [5.41, 5.74) is 5.43. The number of nitrogens with one attached hydrogen (secondary N) is 2. The van der Waals surface area contributed by atoms with Gasteiger partial charge in [-0.1, -0.05) is 18.2 Å². The second kappa shape index (κ2) is 10.8. The topological polar surface area (TPSA) is 92.3 Å². The van der Waals surface area contributed by atoms with Gasteiger partial charge in [0.25, 0.3) is 0 Å². The van der Waals surface area contributed by atoms with Crippen LogP contribution in [0.1, 0.15) is 5.56 Å². The fourth-order valence-electron chi connectivity index (χ4n) is 3.90. The molecule has 1 fully saturated rings. The van der Waals surface area contributed by atoms with Crippen molar-refractivity contribution in [3.63, 3.8) is 0 Å². The average molecular weight is 467 g/mol. The van der Waals surface area contributed by atoms with Crippen LogP contribution in [0, 0.1) is 0 Å². The van der Waals surface area contributed by atoms with Gasteiger partial charge in [-0.25, -0.2) is 9.97 Å². The first-order valence-corrected chi connectivity index (χ1v) is 11.5. The van der Waals surface area contributed by atoms with Crippen LogP contribution in [-0.4, -0.2) is 47.2 Å². The van der Waals surface area contributed by atoms with Gasteiger partial charge in [-0.2, -0.15) is 0 Å². The van der Waals surface area contributed by atoms with Gasteiger partial charge in [-0.05, 0) is 54.1 Å². The minimum Gasteiger partial charge on any atom is -0.378 e.